The van der Waals surface area contributed by atoms with Crippen LogP contribution < -0.4 is 5.32 Å². The van der Waals surface area contributed by atoms with Crippen molar-refractivity contribution in [1.29, 1.82) is 0 Å². The summed E-state index contributed by atoms with van der Waals surface area (Å²) >= 11 is 0. The number of amides is 1. The van der Waals surface area contributed by atoms with E-state index in [1.807, 2.05) is 42.5 Å². The topological polar surface area (TPSA) is 66.4 Å². The molecule has 2 aromatic rings. The van der Waals surface area contributed by atoms with Crippen molar-refractivity contribution in [3.63, 3.8) is 0 Å². The van der Waals surface area contributed by atoms with Gasteiger partial charge in [-0.3, -0.25) is 4.79 Å². The van der Waals surface area contributed by atoms with Gasteiger partial charge in [0.2, 0.25) is 5.91 Å². The lowest BCUT2D eigenvalue weighted by molar-refractivity contribution is -0.142. The third kappa shape index (κ3) is 3.75. The van der Waals surface area contributed by atoms with Gasteiger partial charge in [-0.05, 0) is 29.2 Å². The van der Waals surface area contributed by atoms with Crippen molar-refractivity contribution >= 4 is 22.6 Å². The molecule has 0 saturated heterocycles. The van der Waals surface area contributed by atoms with Crippen molar-refractivity contribution in [2.45, 2.75) is 44.6 Å². The van der Waals surface area contributed by atoms with Crippen LogP contribution >= 0.6 is 0 Å². The van der Waals surface area contributed by atoms with Crippen LogP contribution in [0.15, 0.2) is 42.5 Å². The number of rotatable bonds is 5. The van der Waals surface area contributed by atoms with Crippen molar-refractivity contribution in [3.05, 3.63) is 48.0 Å². The minimum atomic E-state index is -0.980. The van der Waals surface area contributed by atoms with E-state index in [1.54, 1.807) is 0 Å². The van der Waals surface area contributed by atoms with E-state index < -0.39 is 12.0 Å². The molecule has 0 radical (unpaired) electrons. The lowest BCUT2D eigenvalue weighted by atomic mass is 9.88. The molecule has 0 aromatic heterocycles. The molecule has 1 amide bonds. The largest absolute Gasteiger partial charge is 0.480 e. The lowest BCUT2D eigenvalue weighted by Crippen LogP contribution is -2.45. The van der Waals surface area contributed by atoms with Gasteiger partial charge in [-0.2, -0.15) is 0 Å². The molecule has 1 fully saturated rings. The van der Waals surface area contributed by atoms with Crippen LogP contribution in [0, 0.1) is 5.92 Å². The first-order valence-electron chi connectivity index (χ1n) is 8.65. The zero-order valence-corrected chi connectivity index (χ0v) is 13.7. The Morgan fingerprint density at radius 2 is 1.75 bits per heavy atom. The van der Waals surface area contributed by atoms with Gasteiger partial charge in [-0.25, -0.2) is 4.79 Å². The third-order valence-corrected chi connectivity index (χ3v) is 4.89. The standard InChI is InChI=1S/C20H23NO3/c22-19(15-8-2-1-3-9-15)21-18(20(23)24)13-16-11-6-10-14-7-4-5-12-17(14)16/h4-7,10-12,15,18H,1-3,8-9,13H2,(H,21,22)(H,23,24). The van der Waals surface area contributed by atoms with E-state index >= 15 is 0 Å². The average molecular weight is 325 g/mol. The molecule has 126 valence electrons. The molecule has 2 aromatic carbocycles. The second-order valence-corrected chi connectivity index (χ2v) is 6.58. The summed E-state index contributed by atoms with van der Waals surface area (Å²) in [6.45, 7) is 0. The Balaban J connectivity index is 1.76. The first-order chi connectivity index (χ1) is 11.6. The van der Waals surface area contributed by atoms with Gasteiger partial charge in [-0.1, -0.05) is 61.7 Å². The van der Waals surface area contributed by atoms with Gasteiger partial charge in [0.25, 0.3) is 0 Å². The lowest BCUT2D eigenvalue weighted by Gasteiger charge is -2.23. The molecule has 4 nitrogen and oxygen atoms in total. The SMILES string of the molecule is O=C(NC(Cc1cccc2ccccc12)C(=O)O)C1CCCCC1. The molecular formula is C20H23NO3. The number of carbonyl (C=O) groups excluding carboxylic acids is 1. The maximum atomic E-state index is 12.4. The summed E-state index contributed by atoms with van der Waals surface area (Å²) in [7, 11) is 0. The van der Waals surface area contributed by atoms with E-state index in [0.29, 0.717) is 6.42 Å². The maximum absolute atomic E-state index is 12.4. The summed E-state index contributed by atoms with van der Waals surface area (Å²) < 4.78 is 0. The first kappa shape index (κ1) is 16.5. The quantitative estimate of drug-likeness (QED) is 0.884. The number of benzene rings is 2. The molecule has 24 heavy (non-hydrogen) atoms. The Bertz CT molecular complexity index is 729. The number of carboxylic acid groups (broad SMARTS) is 1. The molecule has 1 saturated carbocycles. The van der Waals surface area contributed by atoms with Gasteiger partial charge >= 0.3 is 5.97 Å². The highest BCUT2D eigenvalue weighted by Gasteiger charge is 2.26. The summed E-state index contributed by atoms with van der Waals surface area (Å²) in [6, 6.07) is 12.9. The second kappa shape index (κ2) is 7.47. The van der Waals surface area contributed by atoms with Crippen LogP contribution in [0.4, 0.5) is 0 Å². The van der Waals surface area contributed by atoms with Crippen molar-refractivity contribution in [1.82, 2.24) is 5.32 Å². The summed E-state index contributed by atoms with van der Waals surface area (Å²) in [6.07, 6.45) is 5.31. The van der Waals surface area contributed by atoms with Crippen LogP contribution in [0.2, 0.25) is 0 Å². The highest BCUT2D eigenvalue weighted by atomic mass is 16.4. The minimum Gasteiger partial charge on any atom is -0.480 e. The minimum absolute atomic E-state index is 0.0342. The number of carboxylic acids is 1. The normalized spacial score (nSPS) is 16.7. The first-order valence-corrected chi connectivity index (χ1v) is 8.65. The van der Waals surface area contributed by atoms with E-state index in [2.05, 4.69) is 5.32 Å². The Morgan fingerprint density at radius 1 is 1.04 bits per heavy atom. The van der Waals surface area contributed by atoms with Crippen LogP contribution in [0.5, 0.6) is 0 Å². The van der Waals surface area contributed by atoms with E-state index in [1.165, 1.54) is 6.42 Å². The highest BCUT2D eigenvalue weighted by Crippen LogP contribution is 2.24. The van der Waals surface area contributed by atoms with Crippen LogP contribution in [-0.2, 0) is 16.0 Å². The maximum Gasteiger partial charge on any atom is 0.326 e. The molecule has 1 unspecified atom stereocenters. The van der Waals surface area contributed by atoms with Crippen LogP contribution in [0.25, 0.3) is 10.8 Å². The van der Waals surface area contributed by atoms with Gasteiger partial charge in [0.15, 0.2) is 0 Å². The smallest absolute Gasteiger partial charge is 0.326 e. The fraction of sp³-hybridized carbons (Fsp3) is 0.400. The highest BCUT2D eigenvalue weighted by molar-refractivity contribution is 5.88. The molecule has 0 aliphatic heterocycles. The van der Waals surface area contributed by atoms with E-state index in [4.69, 9.17) is 0 Å². The Labute approximate surface area is 141 Å². The van der Waals surface area contributed by atoms with Crippen LogP contribution in [0.1, 0.15) is 37.7 Å². The van der Waals surface area contributed by atoms with Crippen molar-refractivity contribution in [3.8, 4) is 0 Å². The van der Waals surface area contributed by atoms with E-state index in [9.17, 15) is 14.7 Å². The predicted molar refractivity (Wildman–Crippen MR) is 93.8 cm³/mol. The zero-order valence-electron chi connectivity index (χ0n) is 13.7. The number of nitrogens with one attached hydrogen (secondary N) is 1. The predicted octanol–water partition coefficient (Wildman–Crippen LogP) is 3.53. The molecule has 0 spiro atoms. The van der Waals surface area contributed by atoms with E-state index in [0.717, 1.165) is 42.0 Å². The molecule has 3 rings (SSSR count). The van der Waals surface area contributed by atoms with E-state index in [-0.39, 0.29) is 11.8 Å². The molecule has 0 heterocycles. The van der Waals surface area contributed by atoms with Crippen molar-refractivity contribution in [2.75, 3.05) is 0 Å². The molecule has 1 atom stereocenters. The van der Waals surface area contributed by atoms with Crippen molar-refractivity contribution in [2.24, 2.45) is 5.92 Å². The van der Waals surface area contributed by atoms with Crippen LogP contribution in [-0.4, -0.2) is 23.0 Å². The van der Waals surface area contributed by atoms with Gasteiger partial charge in [-0.15, -0.1) is 0 Å². The Morgan fingerprint density at radius 3 is 2.50 bits per heavy atom. The van der Waals surface area contributed by atoms with Gasteiger partial charge < -0.3 is 10.4 Å². The summed E-state index contributed by atoms with van der Waals surface area (Å²) in [5.74, 6) is -1.12. The number of carbonyl (C=O) groups is 2. The van der Waals surface area contributed by atoms with Crippen LogP contribution in [0.3, 0.4) is 0 Å². The molecule has 1 aliphatic carbocycles. The molecule has 2 N–H and O–H groups in total. The fourth-order valence-electron chi connectivity index (χ4n) is 3.54. The molecule has 1 aliphatic rings. The third-order valence-electron chi connectivity index (χ3n) is 4.89. The number of hydrogen-bond donors (Lipinski definition) is 2. The average Bonchev–Trinajstić information content (AvgIpc) is 2.62. The number of aliphatic carboxylic acids is 1. The van der Waals surface area contributed by atoms with Gasteiger partial charge in [0, 0.05) is 12.3 Å². The molecular weight excluding hydrogens is 302 g/mol. The van der Waals surface area contributed by atoms with Crippen molar-refractivity contribution < 1.29 is 14.7 Å². The molecule has 0 bridgehead atoms. The monoisotopic (exact) mass is 325 g/mol. The number of fused-ring (bicyclic) bond motifs is 1. The summed E-state index contributed by atoms with van der Waals surface area (Å²) in [4.78, 5) is 24.0. The van der Waals surface area contributed by atoms with Gasteiger partial charge in [0.1, 0.15) is 6.04 Å². The number of hydrogen-bond acceptors (Lipinski definition) is 2. The summed E-state index contributed by atoms with van der Waals surface area (Å²) in [5, 5.41) is 14.4. The van der Waals surface area contributed by atoms with Gasteiger partial charge in [0.05, 0.1) is 0 Å². The Kier molecular flexibility index (Phi) is 5.14. The zero-order chi connectivity index (χ0) is 16.9. The summed E-state index contributed by atoms with van der Waals surface area (Å²) in [5.41, 5.74) is 0.949. The molecule has 4 heteroatoms. The second-order valence-electron chi connectivity index (χ2n) is 6.58. The Hall–Kier alpha value is -2.36. The fourth-order valence-corrected chi connectivity index (χ4v) is 3.54.